The van der Waals surface area contributed by atoms with E-state index in [1.54, 1.807) is 0 Å². The summed E-state index contributed by atoms with van der Waals surface area (Å²) in [5, 5.41) is 25.0. The molecular weight excluding hydrogens is 442 g/mol. The molecule has 1 aromatic heterocycles. The van der Waals surface area contributed by atoms with E-state index in [9.17, 15) is 24.6 Å². The first-order valence-corrected chi connectivity index (χ1v) is 10.7. The number of amides is 2. The number of anilines is 1. The molecule has 1 aliphatic heterocycles. The molecule has 1 aliphatic carbocycles. The minimum Gasteiger partial charge on any atom is -0.480 e. The van der Waals surface area contributed by atoms with Gasteiger partial charge in [-0.2, -0.15) is 0 Å². The number of ether oxygens (including phenoxy) is 1. The van der Waals surface area contributed by atoms with Crippen LogP contribution < -0.4 is 5.32 Å². The highest BCUT2D eigenvalue weighted by atomic mass is 16.6. The molecule has 0 spiro atoms. The normalized spacial score (nSPS) is 18.9. The van der Waals surface area contributed by atoms with Crippen LogP contribution in [0.5, 0.6) is 0 Å². The van der Waals surface area contributed by atoms with Crippen molar-refractivity contribution in [3.63, 3.8) is 0 Å². The van der Waals surface area contributed by atoms with Crippen LogP contribution in [0.25, 0.3) is 11.1 Å². The van der Waals surface area contributed by atoms with Gasteiger partial charge in [0.25, 0.3) is 5.91 Å². The SMILES string of the molecule is O=C(Nc1cc(C(=O)N2CC(O)C[C@H]2C(=O)O)no1)OCC1c2ccccc2-c2ccccc21. The second-order valence-corrected chi connectivity index (χ2v) is 8.23. The molecule has 2 aliphatic rings. The highest BCUT2D eigenvalue weighted by Gasteiger charge is 2.40. The van der Waals surface area contributed by atoms with Gasteiger partial charge < -0.3 is 24.4 Å². The maximum atomic E-state index is 12.6. The number of aliphatic hydroxyl groups is 1. The highest BCUT2D eigenvalue weighted by Crippen LogP contribution is 2.44. The number of carboxylic acids is 1. The lowest BCUT2D eigenvalue weighted by atomic mass is 9.98. The van der Waals surface area contributed by atoms with E-state index in [2.05, 4.69) is 10.5 Å². The van der Waals surface area contributed by atoms with Crippen LogP contribution in [-0.4, -0.2) is 63.5 Å². The summed E-state index contributed by atoms with van der Waals surface area (Å²) in [6.45, 7) is -0.0243. The largest absolute Gasteiger partial charge is 0.480 e. The fourth-order valence-corrected chi connectivity index (χ4v) is 4.59. The summed E-state index contributed by atoms with van der Waals surface area (Å²) in [7, 11) is 0. The van der Waals surface area contributed by atoms with Crippen LogP contribution in [0.1, 0.15) is 34.0 Å². The van der Waals surface area contributed by atoms with Crippen LogP contribution in [0.15, 0.2) is 59.1 Å². The lowest BCUT2D eigenvalue weighted by molar-refractivity contribution is -0.141. The van der Waals surface area contributed by atoms with E-state index in [1.807, 2.05) is 48.5 Å². The van der Waals surface area contributed by atoms with Crippen LogP contribution >= 0.6 is 0 Å². The first-order valence-electron chi connectivity index (χ1n) is 10.7. The van der Waals surface area contributed by atoms with Crippen molar-refractivity contribution < 1.29 is 33.9 Å². The van der Waals surface area contributed by atoms with E-state index in [-0.39, 0.29) is 37.1 Å². The van der Waals surface area contributed by atoms with Crippen molar-refractivity contribution in [2.45, 2.75) is 24.5 Å². The molecule has 0 radical (unpaired) electrons. The summed E-state index contributed by atoms with van der Waals surface area (Å²) in [6, 6.07) is 15.9. The van der Waals surface area contributed by atoms with Gasteiger partial charge in [-0.05, 0) is 22.3 Å². The van der Waals surface area contributed by atoms with Crippen LogP contribution in [0.3, 0.4) is 0 Å². The molecule has 3 aromatic rings. The summed E-state index contributed by atoms with van der Waals surface area (Å²) in [5.41, 5.74) is 4.18. The van der Waals surface area contributed by atoms with Gasteiger partial charge in [0.15, 0.2) is 5.69 Å². The molecule has 10 heteroatoms. The van der Waals surface area contributed by atoms with E-state index in [4.69, 9.17) is 9.26 Å². The van der Waals surface area contributed by atoms with Crippen LogP contribution in [0, 0.1) is 0 Å². The fourth-order valence-electron chi connectivity index (χ4n) is 4.59. The van der Waals surface area contributed by atoms with Crippen molar-refractivity contribution in [3.05, 3.63) is 71.4 Å². The number of carboxylic acid groups (broad SMARTS) is 1. The van der Waals surface area contributed by atoms with E-state index < -0.39 is 30.1 Å². The van der Waals surface area contributed by atoms with Crippen molar-refractivity contribution in [3.8, 4) is 11.1 Å². The Balaban J connectivity index is 1.23. The van der Waals surface area contributed by atoms with Crippen molar-refractivity contribution in [2.75, 3.05) is 18.5 Å². The number of rotatable bonds is 5. The highest BCUT2D eigenvalue weighted by molar-refractivity contribution is 5.96. The number of carbonyl (C=O) groups is 3. The summed E-state index contributed by atoms with van der Waals surface area (Å²) in [5.74, 6) is -2.16. The molecule has 2 aromatic carbocycles. The second-order valence-electron chi connectivity index (χ2n) is 8.23. The molecule has 34 heavy (non-hydrogen) atoms. The monoisotopic (exact) mass is 463 g/mol. The summed E-state index contributed by atoms with van der Waals surface area (Å²) in [4.78, 5) is 37.4. The van der Waals surface area contributed by atoms with Crippen molar-refractivity contribution >= 4 is 23.9 Å². The molecule has 0 bridgehead atoms. The van der Waals surface area contributed by atoms with Gasteiger partial charge in [0.2, 0.25) is 5.88 Å². The number of aromatic nitrogens is 1. The Morgan fingerprint density at radius 3 is 2.38 bits per heavy atom. The number of aliphatic hydroxyl groups excluding tert-OH is 1. The number of fused-ring (bicyclic) bond motifs is 3. The number of carbonyl (C=O) groups excluding carboxylic acids is 2. The molecule has 10 nitrogen and oxygen atoms in total. The molecule has 1 saturated heterocycles. The Bertz CT molecular complexity index is 1230. The van der Waals surface area contributed by atoms with Crippen LogP contribution in [0.4, 0.5) is 10.7 Å². The van der Waals surface area contributed by atoms with E-state index in [1.165, 1.54) is 6.07 Å². The Morgan fingerprint density at radius 1 is 1.09 bits per heavy atom. The predicted molar refractivity (Wildman–Crippen MR) is 118 cm³/mol. The minimum absolute atomic E-state index is 0.0657. The maximum absolute atomic E-state index is 12.6. The number of hydrogen-bond donors (Lipinski definition) is 3. The lowest BCUT2D eigenvalue weighted by Crippen LogP contribution is -2.40. The zero-order valence-electron chi connectivity index (χ0n) is 17.9. The Hall–Kier alpha value is -4.18. The van der Waals surface area contributed by atoms with E-state index in [0.29, 0.717) is 0 Å². The molecule has 5 rings (SSSR count). The minimum atomic E-state index is -1.22. The zero-order chi connectivity index (χ0) is 23.8. The average molecular weight is 463 g/mol. The first kappa shape index (κ1) is 21.7. The van der Waals surface area contributed by atoms with Crippen LogP contribution in [0.2, 0.25) is 0 Å². The number of benzene rings is 2. The standard InChI is InChI=1S/C24H21N3O7/c28-13-9-20(23(30)31)27(11-13)22(29)19-10-21(34-26-19)25-24(32)33-12-18-16-7-3-1-5-14(16)15-6-2-4-8-17(15)18/h1-8,10,13,18,20,28H,9,11-12H2,(H,25,32)(H,30,31)/t13?,20-/m0/s1. The molecule has 0 saturated carbocycles. The van der Waals surface area contributed by atoms with Gasteiger partial charge in [-0.3, -0.25) is 10.1 Å². The van der Waals surface area contributed by atoms with Gasteiger partial charge in [0, 0.05) is 24.9 Å². The molecule has 2 amide bonds. The van der Waals surface area contributed by atoms with Crippen molar-refractivity contribution in [1.29, 1.82) is 0 Å². The zero-order valence-corrected chi connectivity index (χ0v) is 17.9. The predicted octanol–water partition coefficient (Wildman–Crippen LogP) is 2.70. The third-order valence-electron chi connectivity index (χ3n) is 6.12. The smallest absolute Gasteiger partial charge is 0.414 e. The molecule has 3 N–H and O–H groups in total. The fraction of sp³-hybridized carbons (Fsp3) is 0.250. The molecule has 174 valence electrons. The summed E-state index contributed by atoms with van der Waals surface area (Å²) < 4.78 is 10.4. The summed E-state index contributed by atoms with van der Waals surface area (Å²) in [6.07, 6.45) is -1.78. The first-order chi connectivity index (χ1) is 16.4. The maximum Gasteiger partial charge on any atom is 0.414 e. The number of nitrogens with zero attached hydrogens (tertiary/aromatic N) is 2. The Labute approximate surface area is 193 Å². The van der Waals surface area contributed by atoms with Gasteiger partial charge in [-0.25, -0.2) is 9.59 Å². The Morgan fingerprint density at radius 2 is 1.74 bits per heavy atom. The second kappa shape index (κ2) is 8.64. The molecule has 2 heterocycles. The molecule has 2 atom stereocenters. The van der Waals surface area contributed by atoms with Gasteiger partial charge in [0.05, 0.1) is 6.10 Å². The molecule has 1 fully saturated rings. The number of β-amino-alcohol motifs (C(OH)–C–C–N with tert-alkyl or cyclic N) is 1. The van der Waals surface area contributed by atoms with E-state index in [0.717, 1.165) is 27.2 Å². The quantitative estimate of drug-likeness (QED) is 0.524. The van der Waals surface area contributed by atoms with Crippen LogP contribution in [-0.2, 0) is 9.53 Å². The number of nitrogens with one attached hydrogen (secondary N) is 1. The average Bonchev–Trinajstić information content (AvgIpc) is 3.53. The summed E-state index contributed by atoms with van der Waals surface area (Å²) >= 11 is 0. The lowest BCUT2D eigenvalue weighted by Gasteiger charge is -2.19. The van der Waals surface area contributed by atoms with Gasteiger partial charge >= 0.3 is 12.1 Å². The number of likely N-dealkylation sites (tertiary alicyclic amines) is 1. The Kier molecular flexibility index (Phi) is 5.50. The number of hydrogen-bond acceptors (Lipinski definition) is 7. The third-order valence-corrected chi connectivity index (χ3v) is 6.12. The van der Waals surface area contributed by atoms with E-state index >= 15 is 0 Å². The topological polar surface area (TPSA) is 142 Å². The molecule has 1 unspecified atom stereocenters. The van der Waals surface area contributed by atoms with Crippen molar-refractivity contribution in [1.82, 2.24) is 10.1 Å². The molecular formula is C24H21N3O7. The van der Waals surface area contributed by atoms with Gasteiger partial charge in [-0.1, -0.05) is 53.7 Å². The van der Waals surface area contributed by atoms with Gasteiger partial charge in [-0.15, -0.1) is 0 Å². The van der Waals surface area contributed by atoms with Gasteiger partial charge in [0.1, 0.15) is 12.6 Å². The van der Waals surface area contributed by atoms with Crippen molar-refractivity contribution in [2.24, 2.45) is 0 Å². The number of aliphatic carboxylic acids is 1. The third kappa shape index (κ3) is 3.88.